The van der Waals surface area contributed by atoms with E-state index >= 15 is 0 Å². The van der Waals surface area contributed by atoms with Gasteiger partial charge in [-0.05, 0) is 84.3 Å². The fourth-order valence-electron chi connectivity index (χ4n) is 7.49. The second kappa shape index (κ2) is 20.0. The van der Waals surface area contributed by atoms with Crippen molar-refractivity contribution in [1.82, 2.24) is 53.5 Å². The summed E-state index contributed by atoms with van der Waals surface area (Å²) in [5, 5.41) is 16.3. The van der Waals surface area contributed by atoms with Gasteiger partial charge in [0.2, 0.25) is 0 Å². The Morgan fingerprint density at radius 2 is 1.28 bits per heavy atom. The molecule has 2 aromatic carbocycles. The number of hydrogen-bond donors (Lipinski definition) is 4. The fraction of sp³-hybridized carbons (Fsp3) is 0.279. The molecule has 7 aromatic rings. The quantitative estimate of drug-likeness (QED) is 0.150. The number of nitrogens with zero attached hydrogens (tertiary/aromatic N) is 10. The molecular weight excluding hydrogens is 847 g/mol. The first kappa shape index (κ1) is 45.0. The average Bonchev–Trinajstić information content (AvgIpc) is 4.14. The van der Waals surface area contributed by atoms with Crippen molar-refractivity contribution < 1.29 is 37.4 Å². The first-order valence-corrected chi connectivity index (χ1v) is 20.2. The van der Waals surface area contributed by atoms with Crippen LogP contribution in [0.4, 0.5) is 29.7 Å². The minimum Gasteiger partial charge on any atom is -0.441 e. The maximum absolute atomic E-state index is 13.4. The molecule has 338 valence electrons. The number of amides is 3. The number of benzene rings is 2. The second-order valence-electron chi connectivity index (χ2n) is 15.1. The van der Waals surface area contributed by atoms with Crippen LogP contribution in [-0.4, -0.2) is 72.2 Å². The number of alkyl carbamates (subject to hydrolysis) is 1. The van der Waals surface area contributed by atoms with Gasteiger partial charge in [-0.2, -0.15) is 10.2 Å². The molecule has 2 aliphatic rings. The standard InChI is InChI=1S/C20H21FN6O3.C15H16FN3O.C8H9N5O2/c1-26-9-15-14(18(26)19(28)23-13-5-3-4-12(21)8-13)6-7-16(15)24-20(29)30-10-17-22-11-27(2)25-17;1-19-8-12-11(5-6-13(12)17)14(19)15(20)18-10-4-2-3-9(16)7-10;1-12-6-10-7(11-12)4-15-8(14)13-3-2-9-5-13/h3-5,8-9,11,16H,6-7,10H2,1-2H3,(H,23,28)(H,24,29);2-4,7-8,13H,5-6,17H2,1H3,(H,18,20);2-3,5-6H,4H2,1H3. The number of halogens is 2. The van der Waals surface area contributed by atoms with Gasteiger partial charge >= 0.3 is 12.2 Å². The number of carbonyl (C=O) groups is 4. The van der Waals surface area contributed by atoms with E-state index in [2.05, 4.69) is 41.1 Å². The summed E-state index contributed by atoms with van der Waals surface area (Å²) >= 11 is 0. The number of carbonyl (C=O) groups excluding carboxylic acids is 4. The molecule has 0 spiro atoms. The molecule has 2 atom stereocenters. The third-order valence-corrected chi connectivity index (χ3v) is 10.4. The van der Waals surface area contributed by atoms with Crippen molar-refractivity contribution in [2.75, 3.05) is 10.6 Å². The number of rotatable bonds is 9. The molecule has 0 fully saturated rings. The van der Waals surface area contributed by atoms with Gasteiger partial charge in [0, 0.05) is 70.4 Å². The number of aryl methyl sites for hydroxylation is 4. The summed E-state index contributed by atoms with van der Waals surface area (Å²) < 4.78 is 44.5. The summed E-state index contributed by atoms with van der Waals surface area (Å²) in [4.78, 5) is 60.3. The highest BCUT2D eigenvalue weighted by Crippen LogP contribution is 2.35. The largest absolute Gasteiger partial charge is 0.441 e. The minimum absolute atomic E-state index is 0.00641. The maximum Gasteiger partial charge on any atom is 0.419 e. The fourth-order valence-corrected chi connectivity index (χ4v) is 7.49. The van der Waals surface area contributed by atoms with E-state index in [1.807, 2.05) is 19.4 Å². The van der Waals surface area contributed by atoms with Crippen molar-refractivity contribution in [3.05, 3.63) is 149 Å². The maximum atomic E-state index is 13.4. The van der Waals surface area contributed by atoms with Crippen LogP contribution in [0.1, 0.15) is 79.8 Å². The first-order valence-electron chi connectivity index (χ1n) is 20.2. The summed E-state index contributed by atoms with van der Waals surface area (Å²) in [6.07, 6.45) is 13.1. The Kier molecular flexibility index (Phi) is 13.9. The van der Waals surface area contributed by atoms with Crippen molar-refractivity contribution in [3.63, 3.8) is 0 Å². The molecule has 22 heteroatoms. The third kappa shape index (κ3) is 11.1. The van der Waals surface area contributed by atoms with Crippen LogP contribution in [0.15, 0.2) is 92.3 Å². The van der Waals surface area contributed by atoms with Gasteiger partial charge in [0.05, 0.1) is 6.04 Å². The Labute approximate surface area is 370 Å². The van der Waals surface area contributed by atoms with Crippen molar-refractivity contribution in [2.45, 2.75) is 51.0 Å². The Hall–Kier alpha value is -8.01. The van der Waals surface area contributed by atoms with Crippen molar-refractivity contribution in [2.24, 2.45) is 33.9 Å². The monoisotopic (exact) mass is 892 g/mol. The highest BCUT2D eigenvalue weighted by atomic mass is 19.1. The first-order chi connectivity index (χ1) is 31.2. The smallest absolute Gasteiger partial charge is 0.419 e. The van der Waals surface area contributed by atoms with E-state index in [9.17, 15) is 28.0 Å². The molecule has 5 N–H and O–H groups in total. The summed E-state index contributed by atoms with van der Waals surface area (Å²) in [6, 6.07) is 11.4. The predicted octanol–water partition coefficient (Wildman–Crippen LogP) is 5.02. The van der Waals surface area contributed by atoms with E-state index in [0.29, 0.717) is 47.3 Å². The van der Waals surface area contributed by atoms with E-state index < -0.39 is 18.0 Å². The van der Waals surface area contributed by atoms with Crippen LogP contribution in [0.3, 0.4) is 0 Å². The number of fused-ring (bicyclic) bond motifs is 2. The molecule has 2 aliphatic carbocycles. The second-order valence-corrected chi connectivity index (χ2v) is 15.1. The SMILES string of the molecule is Cn1cc2c(c1C(=O)Nc1cccc(F)c1)CCC2N.Cn1cnc(COC(=O)NC2CCc3c2cn(C)c3C(=O)Nc2cccc(F)c2)n1.Cn1cnc(COC(=O)n2ccnc2)n1. The summed E-state index contributed by atoms with van der Waals surface area (Å²) in [6.45, 7) is 0.0280. The number of ether oxygens (including phenoxy) is 2. The van der Waals surface area contributed by atoms with Crippen LogP contribution < -0.4 is 21.7 Å². The topological polar surface area (TPSA) is 238 Å². The molecule has 0 saturated carbocycles. The lowest BCUT2D eigenvalue weighted by Crippen LogP contribution is -2.27. The van der Waals surface area contributed by atoms with Crippen molar-refractivity contribution >= 4 is 35.4 Å². The third-order valence-electron chi connectivity index (χ3n) is 10.4. The van der Waals surface area contributed by atoms with Gasteiger partial charge in [-0.15, -0.1) is 0 Å². The molecule has 20 nitrogen and oxygen atoms in total. The molecule has 0 radical (unpaired) electrons. The minimum atomic E-state index is -0.574. The van der Waals surface area contributed by atoms with Crippen LogP contribution >= 0.6 is 0 Å². The summed E-state index contributed by atoms with van der Waals surface area (Å²) in [7, 11) is 7.06. The molecular formula is C43H46F2N14O6. The Balaban J connectivity index is 0.000000155. The number of hydrogen-bond acceptors (Lipinski definition) is 12. The van der Waals surface area contributed by atoms with Gasteiger partial charge in [0.25, 0.3) is 11.8 Å². The molecule has 3 amide bonds. The lowest BCUT2D eigenvalue weighted by atomic mass is 10.1. The van der Waals surface area contributed by atoms with Crippen LogP contribution in [-0.2, 0) is 63.7 Å². The normalized spacial score (nSPS) is 14.5. The van der Waals surface area contributed by atoms with Gasteiger partial charge in [0.1, 0.15) is 42.0 Å². The van der Waals surface area contributed by atoms with Gasteiger partial charge < -0.3 is 40.3 Å². The van der Waals surface area contributed by atoms with Crippen molar-refractivity contribution in [3.8, 4) is 0 Å². The Morgan fingerprint density at radius 3 is 1.80 bits per heavy atom. The van der Waals surface area contributed by atoms with Crippen LogP contribution in [0, 0.1) is 11.6 Å². The lowest BCUT2D eigenvalue weighted by Gasteiger charge is -2.12. The number of aromatic nitrogens is 10. The number of nitrogens with one attached hydrogen (secondary N) is 3. The Morgan fingerprint density at radius 1 is 0.738 bits per heavy atom. The summed E-state index contributed by atoms with van der Waals surface area (Å²) in [5.74, 6) is -0.473. The molecule has 0 aliphatic heterocycles. The zero-order valence-corrected chi connectivity index (χ0v) is 35.8. The van der Waals surface area contributed by atoms with E-state index in [4.69, 9.17) is 15.2 Å². The van der Waals surface area contributed by atoms with Gasteiger partial charge in [0.15, 0.2) is 24.9 Å². The Bertz CT molecular complexity index is 2810. The van der Waals surface area contributed by atoms with Gasteiger partial charge in [-0.25, -0.2) is 37.9 Å². The summed E-state index contributed by atoms with van der Waals surface area (Å²) in [5.41, 5.74) is 11.7. The molecule has 65 heavy (non-hydrogen) atoms. The molecule has 2 unspecified atom stereocenters. The number of anilines is 2. The van der Waals surface area contributed by atoms with Crippen LogP contribution in [0.5, 0.6) is 0 Å². The highest BCUT2D eigenvalue weighted by molar-refractivity contribution is 6.05. The van der Waals surface area contributed by atoms with Gasteiger partial charge in [-0.3, -0.25) is 19.0 Å². The van der Waals surface area contributed by atoms with Gasteiger partial charge in [-0.1, -0.05) is 12.1 Å². The zero-order chi connectivity index (χ0) is 46.2. The highest BCUT2D eigenvalue weighted by Gasteiger charge is 2.32. The van der Waals surface area contributed by atoms with Crippen molar-refractivity contribution in [1.29, 1.82) is 0 Å². The molecule has 5 aromatic heterocycles. The molecule has 0 bridgehead atoms. The predicted molar refractivity (Wildman–Crippen MR) is 229 cm³/mol. The van der Waals surface area contributed by atoms with E-state index in [-0.39, 0.29) is 42.9 Å². The van der Waals surface area contributed by atoms with E-state index in [1.54, 1.807) is 59.5 Å². The molecule has 5 heterocycles. The zero-order valence-electron chi connectivity index (χ0n) is 35.8. The molecule has 9 rings (SSSR count). The average molecular weight is 893 g/mol. The number of imidazole rings is 1. The lowest BCUT2D eigenvalue weighted by molar-refractivity contribution is 0.101. The van der Waals surface area contributed by atoms with Crippen LogP contribution in [0.25, 0.3) is 0 Å². The van der Waals surface area contributed by atoms with E-state index in [0.717, 1.165) is 35.1 Å². The van der Waals surface area contributed by atoms with Crippen LogP contribution in [0.2, 0.25) is 0 Å². The number of nitrogens with two attached hydrogens (primary N) is 1. The molecule has 0 saturated heterocycles. The van der Waals surface area contributed by atoms with E-state index in [1.165, 1.54) is 64.6 Å².